The quantitative estimate of drug-likeness (QED) is 0.550. The second-order valence-corrected chi connectivity index (χ2v) is 7.64. The number of hydrogen-bond acceptors (Lipinski definition) is 5. The third-order valence-corrected chi connectivity index (χ3v) is 5.65. The van der Waals surface area contributed by atoms with Gasteiger partial charge < -0.3 is 19.4 Å². The number of carbonyl (C=O) groups is 1. The summed E-state index contributed by atoms with van der Waals surface area (Å²) in [7, 11) is 1.85. The molecule has 158 valence electrons. The number of rotatable bonds is 4. The molecule has 1 aliphatic heterocycles. The maximum Gasteiger partial charge on any atom is 0.291 e. The van der Waals surface area contributed by atoms with E-state index in [1.54, 1.807) is 6.20 Å². The summed E-state index contributed by atoms with van der Waals surface area (Å²) in [5.74, 6) is 1.08. The number of nitrogens with one attached hydrogen (secondary N) is 1. The normalized spacial score (nSPS) is 14.0. The molecule has 5 rings (SSSR count). The monoisotopic (exact) mass is 418 g/mol. The number of amides is 1. The van der Waals surface area contributed by atoms with Crippen LogP contribution < -0.4 is 20.3 Å². The van der Waals surface area contributed by atoms with Gasteiger partial charge in [0.05, 0.1) is 12.2 Å². The smallest absolute Gasteiger partial charge is 0.291 e. The van der Waals surface area contributed by atoms with Crippen molar-refractivity contribution in [3.63, 3.8) is 0 Å². The van der Waals surface area contributed by atoms with Crippen LogP contribution in [-0.2, 0) is 18.4 Å². The molecule has 0 saturated heterocycles. The molecule has 31 heavy (non-hydrogen) atoms. The summed E-state index contributed by atoms with van der Waals surface area (Å²) in [6, 6.07) is 13.1. The minimum Gasteiger partial charge on any atom is -0.486 e. The molecule has 0 fully saturated rings. The van der Waals surface area contributed by atoms with Gasteiger partial charge in [0.2, 0.25) is 5.91 Å². The third kappa shape index (κ3) is 3.30. The molecule has 1 N–H and O–H groups in total. The average Bonchev–Trinajstić information content (AvgIpc) is 3.08. The summed E-state index contributed by atoms with van der Waals surface area (Å²) < 4.78 is 14.2. The van der Waals surface area contributed by atoms with Crippen LogP contribution in [0.3, 0.4) is 0 Å². The average molecular weight is 418 g/mol. The van der Waals surface area contributed by atoms with Gasteiger partial charge in [0, 0.05) is 23.3 Å². The fourth-order valence-corrected chi connectivity index (χ4v) is 4.06. The Morgan fingerprint density at radius 3 is 2.74 bits per heavy atom. The van der Waals surface area contributed by atoms with Gasteiger partial charge in [0.1, 0.15) is 25.3 Å². The summed E-state index contributed by atoms with van der Waals surface area (Å²) in [5.41, 5.74) is 2.08. The highest BCUT2D eigenvalue weighted by atomic mass is 16.6. The van der Waals surface area contributed by atoms with Crippen LogP contribution in [0.4, 0.5) is 0 Å². The maximum absolute atomic E-state index is 13.0. The van der Waals surface area contributed by atoms with Gasteiger partial charge in [-0.15, -0.1) is 0 Å². The number of para-hydroxylation sites is 1. The highest BCUT2D eigenvalue weighted by molar-refractivity contribution is 6.07. The van der Waals surface area contributed by atoms with E-state index in [9.17, 15) is 9.59 Å². The second-order valence-electron chi connectivity index (χ2n) is 7.64. The molecule has 4 aromatic rings. The summed E-state index contributed by atoms with van der Waals surface area (Å²) in [5, 5.41) is 8.92. The standard InChI is InChI=1S/C23H22N4O4/c1-14(15-7-8-19-20(11-15)31-10-9-30-19)25-21(28)13-27-23(29)22-17(12-24-27)16-5-3-4-6-18(16)26(22)2/h3-8,11-12,14H,9-10,13H2,1-2H3,(H,25,28). The van der Waals surface area contributed by atoms with Crippen molar-refractivity contribution in [1.82, 2.24) is 19.7 Å². The topological polar surface area (TPSA) is 87.4 Å². The number of nitrogens with zero attached hydrogens (tertiary/aromatic N) is 3. The van der Waals surface area contributed by atoms with E-state index in [1.165, 1.54) is 4.68 Å². The summed E-state index contributed by atoms with van der Waals surface area (Å²) in [6.07, 6.45) is 1.65. The van der Waals surface area contributed by atoms with Crippen LogP contribution in [0.25, 0.3) is 21.8 Å². The first-order valence-corrected chi connectivity index (χ1v) is 10.1. The van der Waals surface area contributed by atoms with Gasteiger partial charge >= 0.3 is 0 Å². The summed E-state index contributed by atoms with van der Waals surface area (Å²) in [6.45, 7) is 2.75. The molecule has 1 unspecified atom stereocenters. The van der Waals surface area contributed by atoms with Gasteiger partial charge in [-0.1, -0.05) is 24.3 Å². The fourth-order valence-electron chi connectivity index (χ4n) is 4.06. The zero-order valence-corrected chi connectivity index (χ0v) is 17.3. The van der Waals surface area contributed by atoms with Crippen LogP contribution in [-0.4, -0.2) is 33.5 Å². The predicted molar refractivity (Wildman–Crippen MR) is 116 cm³/mol. The molecule has 0 bridgehead atoms. The van der Waals surface area contributed by atoms with Gasteiger partial charge in [-0.25, -0.2) is 4.68 Å². The van der Waals surface area contributed by atoms with Crippen molar-refractivity contribution in [2.75, 3.05) is 13.2 Å². The van der Waals surface area contributed by atoms with Crippen LogP contribution in [0.2, 0.25) is 0 Å². The Morgan fingerprint density at radius 1 is 1.13 bits per heavy atom. The lowest BCUT2D eigenvalue weighted by Gasteiger charge is -2.21. The summed E-state index contributed by atoms with van der Waals surface area (Å²) in [4.78, 5) is 25.7. The number of aryl methyl sites for hydroxylation is 1. The first-order chi connectivity index (χ1) is 15.0. The van der Waals surface area contributed by atoms with E-state index in [-0.39, 0.29) is 24.1 Å². The van der Waals surface area contributed by atoms with Gasteiger partial charge in [-0.2, -0.15) is 5.10 Å². The Bertz CT molecular complexity index is 1370. The fraction of sp³-hybridized carbons (Fsp3) is 0.261. The lowest BCUT2D eigenvalue weighted by molar-refractivity contribution is -0.122. The molecule has 0 radical (unpaired) electrons. The zero-order valence-electron chi connectivity index (χ0n) is 17.3. The van der Waals surface area contributed by atoms with Crippen molar-refractivity contribution >= 4 is 27.7 Å². The van der Waals surface area contributed by atoms with E-state index in [4.69, 9.17) is 9.47 Å². The largest absolute Gasteiger partial charge is 0.486 e. The van der Waals surface area contributed by atoms with Crippen molar-refractivity contribution in [1.29, 1.82) is 0 Å². The van der Waals surface area contributed by atoms with E-state index in [0.717, 1.165) is 21.9 Å². The first kappa shape index (κ1) is 19.2. The van der Waals surface area contributed by atoms with E-state index >= 15 is 0 Å². The highest BCUT2D eigenvalue weighted by Gasteiger charge is 2.18. The second kappa shape index (κ2) is 7.46. The Hall–Kier alpha value is -3.81. The van der Waals surface area contributed by atoms with Gasteiger partial charge in [-0.05, 0) is 30.7 Å². The third-order valence-electron chi connectivity index (χ3n) is 5.65. The zero-order chi connectivity index (χ0) is 21.5. The highest BCUT2D eigenvalue weighted by Crippen LogP contribution is 2.32. The minimum absolute atomic E-state index is 0.162. The number of benzene rings is 2. The number of aromatic nitrogens is 3. The maximum atomic E-state index is 13.0. The molecular formula is C23H22N4O4. The van der Waals surface area contributed by atoms with Crippen LogP contribution in [0.5, 0.6) is 11.5 Å². The Kier molecular flexibility index (Phi) is 4.62. The molecule has 2 aromatic carbocycles. The SMILES string of the molecule is CC(NC(=O)Cn1ncc2c3ccccc3n(C)c2c1=O)c1ccc2c(c1)OCCO2. The van der Waals surface area contributed by atoms with Gasteiger partial charge in [0.15, 0.2) is 11.5 Å². The predicted octanol–water partition coefficient (Wildman–Crippen LogP) is 2.54. The molecule has 2 aromatic heterocycles. The van der Waals surface area contributed by atoms with Gasteiger partial charge in [0.25, 0.3) is 5.56 Å². The Balaban J connectivity index is 1.38. The van der Waals surface area contributed by atoms with E-state index < -0.39 is 0 Å². The lowest BCUT2D eigenvalue weighted by atomic mass is 10.1. The minimum atomic E-state index is -0.296. The number of ether oxygens (including phenoxy) is 2. The molecule has 1 aliphatic rings. The Morgan fingerprint density at radius 2 is 1.90 bits per heavy atom. The van der Waals surface area contributed by atoms with Crippen molar-refractivity contribution in [3.05, 3.63) is 64.6 Å². The molecule has 1 amide bonds. The molecular weight excluding hydrogens is 396 g/mol. The molecule has 8 heteroatoms. The van der Waals surface area contributed by atoms with Crippen LogP contribution in [0.15, 0.2) is 53.5 Å². The number of fused-ring (bicyclic) bond motifs is 4. The molecule has 1 atom stereocenters. The van der Waals surface area contributed by atoms with E-state index in [2.05, 4.69) is 10.4 Å². The molecule has 0 aliphatic carbocycles. The van der Waals surface area contributed by atoms with Crippen LogP contribution >= 0.6 is 0 Å². The number of hydrogen-bond donors (Lipinski definition) is 1. The van der Waals surface area contributed by atoms with Crippen LogP contribution in [0, 0.1) is 0 Å². The molecule has 0 spiro atoms. The van der Waals surface area contributed by atoms with Crippen LogP contribution in [0.1, 0.15) is 18.5 Å². The van der Waals surface area contributed by atoms with E-state index in [0.29, 0.717) is 30.2 Å². The van der Waals surface area contributed by atoms with E-state index in [1.807, 2.05) is 61.0 Å². The molecule has 3 heterocycles. The number of carbonyl (C=O) groups excluding carboxylic acids is 1. The van der Waals surface area contributed by atoms with Crippen molar-refractivity contribution in [2.24, 2.45) is 7.05 Å². The van der Waals surface area contributed by atoms with Crippen molar-refractivity contribution in [3.8, 4) is 11.5 Å². The lowest BCUT2D eigenvalue weighted by Crippen LogP contribution is -2.35. The Labute approximate surface area is 178 Å². The van der Waals surface area contributed by atoms with Gasteiger partial charge in [-0.3, -0.25) is 9.59 Å². The van der Waals surface area contributed by atoms with Crippen molar-refractivity contribution in [2.45, 2.75) is 19.5 Å². The first-order valence-electron chi connectivity index (χ1n) is 10.1. The summed E-state index contributed by atoms with van der Waals surface area (Å²) >= 11 is 0. The molecule has 8 nitrogen and oxygen atoms in total. The molecule has 0 saturated carbocycles. The van der Waals surface area contributed by atoms with Crippen molar-refractivity contribution < 1.29 is 14.3 Å².